The first-order valence-electron chi connectivity index (χ1n) is 12.0. The highest BCUT2D eigenvalue weighted by Gasteiger charge is 2.35. The van der Waals surface area contributed by atoms with E-state index in [4.69, 9.17) is 4.74 Å². The fraction of sp³-hybridized carbons (Fsp3) is 0.107. The summed E-state index contributed by atoms with van der Waals surface area (Å²) in [6.45, 7) is 3.71. The number of nitro benzene ring substituents is 1. The van der Waals surface area contributed by atoms with Crippen LogP contribution in [0.25, 0.3) is 16.9 Å². The third kappa shape index (κ3) is 5.98. The van der Waals surface area contributed by atoms with Gasteiger partial charge in [-0.2, -0.15) is 18.3 Å². The third-order valence-corrected chi connectivity index (χ3v) is 5.88. The number of rotatable bonds is 6. The summed E-state index contributed by atoms with van der Waals surface area (Å²) >= 11 is 0. The number of halogens is 4. The molecule has 5 rings (SSSR count). The number of nitro groups is 1. The van der Waals surface area contributed by atoms with E-state index >= 15 is 0 Å². The average Bonchev–Trinajstić information content (AvgIpc) is 3.31. The molecule has 9 nitrogen and oxygen atoms in total. The molecule has 0 spiro atoms. The van der Waals surface area contributed by atoms with Gasteiger partial charge in [0.05, 0.1) is 22.4 Å². The van der Waals surface area contributed by atoms with E-state index in [1.807, 2.05) is 19.9 Å². The molecule has 1 N–H and O–H groups in total. The topological polar surface area (TPSA) is 112 Å². The Morgan fingerprint density at radius 3 is 2.24 bits per heavy atom. The largest absolute Gasteiger partial charge is 0.457 e. The molecule has 208 valence electrons. The normalized spacial score (nSPS) is 11.5. The van der Waals surface area contributed by atoms with E-state index in [9.17, 15) is 32.5 Å². The van der Waals surface area contributed by atoms with E-state index in [-0.39, 0.29) is 34.0 Å². The molecule has 2 heterocycles. The Bertz CT molecular complexity index is 1800. The number of ether oxygens (including phenoxy) is 1. The second kappa shape index (κ2) is 10.3. The maximum absolute atomic E-state index is 13.9. The summed E-state index contributed by atoms with van der Waals surface area (Å²) in [4.78, 5) is 28.0. The Hall–Kier alpha value is -5.33. The molecule has 0 aliphatic heterocycles. The number of hydrogen-bond acceptors (Lipinski definition) is 6. The van der Waals surface area contributed by atoms with Gasteiger partial charge in [0.2, 0.25) is 0 Å². The minimum absolute atomic E-state index is 0.0448. The lowest BCUT2D eigenvalue weighted by Crippen LogP contribution is -2.16. The second-order valence-corrected chi connectivity index (χ2v) is 9.18. The van der Waals surface area contributed by atoms with Gasteiger partial charge in [-0.3, -0.25) is 14.9 Å². The fourth-order valence-electron chi connectivity index (χ4n) is 4.20. The van der Waals surface area contributed by atoms with Crippen LogP contribution in [-0.4, -0.2) is 25.4 Å². The van der Waals surface area contributed by atoms with Crippen molar-refractivity contribution in [3.8, 4) is 22.8 Å². The number of carbonyl (C=O) groups is 1. The Morgan fingerprint density at radius 2 is 1.61 bits per heavy atom. The highest BCUT2D eigenvalue weighted by atomic mass is 19.4. The molecule has 0 bridgehead atoms. The average molecular weight is 565 g/mol. The quantitative estimate of drug-likeness (QED) is 0.133. The van der Waals surface area contributed by atoms with Crippen LogP contribution in [0.2, 0.25) is 0 Å². The number of fused-ring (bicyclic) bond motifs is 1. The maximum Gasteiger partial charge on any atom is 0.433 e. The van der Waals surface area contributed by atoms with Gasteiger partial charge in [-0.15, -0.1) is 0 Å². The zero-order valence-corrected chi connectivity index (χ0v) is 21.4. The number of aryl methyl sites for hydroxylation is 2. The van der Waals surface area contributed by atoms with Gasteiger partial charge in [0.15, 0.2) is 17.0 Å². The molecule has 0 saturated heterocycles. The predicted octanol–water partition coefficient (Wildman–Crippen LogP) is 7.12. The van der Waals surface area contributed by atoms with Crippen LogP contribution >= 0.6 is 0 Å². The summed E-state index contributed by atoms with van der Waals surface area (Å²) in [5.41, 5.74) is -0.438. The summed E-state index contributed by atoms with van der Waals surface area (Å²) < 4.78 is 61.3. The van der Waals surface area contributed by atoms with Crippen LogP contribution in [0, 0.1) is 29.8 Å². The lowest BCUT2D eigenvalue weighted by Gasteiger charge is -2.11. The van der Waals surface area contributed by atoms with Gasteiger partial charge in [-0.05, 0) is 67.4 Å². The van der Waals surface area contributed by atoms with Gasteiger partial charge in [0, 0.05) is 23.8 Å². The number of aromatic nitrogens is 3. The molecular formula is C28H19F4N5O4. The standard InChI is InChI=1S/C28H19F4N5O4/c1-15-7-16(2)9-21(8-15)41-22-11-19(10-20(12-22)37(39)40)33-27(38)24-14-26-34-23(17-3-5-18(29)6-4-17)13-25(28(30,31)32)36(26)35-24/h3-14H,1-2H3,(H,33,38). The molecule has 0 aliphatic rings. The Balaban J connectivity index is 1.50. The van der Waals surface area contributed by atoms with Crippen molar-refractivity contribution in [1.82, 2.24) is 14.6 Å². The van der Waals surface area contributed by atoms with E-state index in [0.29, 0.717) is 10.3 Å². The lowest BCUT2D eigenvalue weighted by atomic mass is 10.1. The molecule has 0 radical (unpaired) electrons. The van der Waals surface area contributed by atoms with Crippen molar-refractivity contribution in [2.75, 3.05) is 5.32 Å². The van der Waals surface area contributed by atoms with Crippen LogP contribution in [0.15, 0.2) is 72.8 Å². The Morgan fingerprint density at radius 1 is 0.951 bits per heavy atom. The number of nitrogens with zero attached hydrogens (tertiary/aromatic N) is 4. The molecule has 1 amide bonds. The summed E-state index contributed by atoms with van der Waals surface area (Å²) in [6, 6.07) is 15.5. The molecule has 2 aromatic heterocycles. The zero-order chi connectivity index (χ0) is 29.5. The molecular weight excluding hydrogens is 546 g/mol. The van der Waals surface area contributed by atoms with Crippen LogP contribution in [-0.2, 0) is 6.18 Å². The van der Waals surface area contributed by atoms with Crippen molar-refractivity contribution in [1.29, 1.82) is 0 Å². The third-order valence-electron chi connectivity index (χ3n) is 5.88. The first-order valence-corrected chi connectivity index (χ1v) is 12.0. The number of nitrogens with one attached hydrogen (secondary N) is 1. The van der Waals surface area contributed by atoms with Gasteiger partial charge in [0.1, 0.15) is 17.3 Å². The number of non-ortho nitro benzene ring substituents is 1. The van der Waals surface area contributed by atoms with Crippen LogP contribution in [0.1, 0.15) is 27.3 Å². The summed E-state index contributed by atoms with van der Waals surface area (Å²) in [5, 5.41) is 17.7. The number of amides is 1. The van der Waals surface area contributed by atoms with E-state index in [0.717, 1.165) is 41.5 Å². The number of alkyl halides is 3. The minimum atomic E-state index is -4.86. The van der Waals surface area contributed by atoms with Crippen LogP contribution < -0.4 is 10.1 Å². The van der Waals surface area contributed by atoms with Crippen molar-refractivity contribution >= 4 is 22.9 Å². The van der Waals surface area contributed by atoms with Crippen LogP contribution in [0.5, 0.6) is 11.5 Å². The van der Waals surface area contributed by atoms with Crippen molar-refractivity contribution in [3.63, 3.8) is 0 Å². The van der Waals surface area contributed by atoms with Gasteiger partial charge >= 0.3 is 6.18 Å². The molecule has 0 aliphatic carbocycles. The molecule has 0 saturated carbocycles. The van der Waals surface area contributed by atoms with Gasteiger partial charge in [-0.25, -0.2) is 13.9 Å². The number of benzene rings is 3. The maximum atomic E-state index is 13.9. The summed E-state index contributed by atoms with van der Waals surface area (Å²) in [6.07, 6.45) is -4.86. The highest BCUT2D eigenvalue weighted by molar-refractivity contribution is 6.03. The molecule has 5 aromatic rings. The van der Waals surface area contributed by atoms with E-state index in [1.165, 1.54) is 24.3 Å². The highest BCUT2D eigenvalue weighted by Crippen LogP contribution is 2.33. The lowest BCUT2D eigenvalue weighted by molar-refractivity contribution is -0.384. The number of anilines is 1. The monoisotopic (exact) mass is 565 g/mol. The van der Waals surface area contributed by atoms with E-state index in [2.05, 4.69) is 15.4 Å². The van der Waals surface area contributed by atoms with Crippen molar-refractivity contribution in [2.45, 2.75) is 20.0 Å². The SMILES string of the molecule is Cc1cc(C)cc(Oc2cc(NC(=O)c3cc4nc(-c5ccc(F)cc5)cc(C(F)(F)F)n4n3)cc([N+](=O)[O-])c2)c1. The predicted molar refractivity (Wildman–Crippen MR) is 140 cm³/mol. The van der Waals surface area contributed by atoms with Crippen LogP contribution in [0.3, 0.4) is 0 Å². The molecule has 3 aromatic carbocycles. The van der Waals surface area contributed by atoms with Crippen molar-refractivity contribution in [2.24, 2.45) is 0 Å². The molecule has 0 fully saturated rings. The van der Waals surface area contributed by atoms with Gasteiger partial charge < -0.3 is 10.1 Å². The summed E-state index contributed by atoms with van der Waals surface area (Å²) in [7, 11) is 0. The first kappa shape index (κ1) is 27.2. The van der Waals surface area contributed by atoms with E-state index < -0.39 is 34.2 Å². The Labute approximate surface area is 229 Å². The molecule has 41 heavy (non-hydrogen) atoms. The number of carbonyl (C=O) groups excluding carboxylic acids is 1. The minimum Gasteiger partial charge on any atom is -0.457 e. The second-order valence-electron chi connectivity index (χ2n) is 9.18. The Kier molecular flexibility index (Phi) is 6.87. The summed E-state index contributed by atoms with van der Waals surface area (Å²) in [5.74, 6) is -1.04. The number of hydrogen-bond donors (Lipinski definition) is 1. The van der Waals surface area contributed by atoms with Crippen LogP contribution in [0.4, 0.5) is 28.9 Å². The molecule has 0 unspecified atom stereocenters. The molecule has 13 heteroatoms. The van der Waals surface area contributed by atoms with E-state index in [1.54, 1.807) is 12.1 Å². The fourth-order valence-corrected chi connectivity index (χ4v) is 4.20. The van der Waals surface area contributed by atoms with Gasteiger partial charge in [0.25, 0.3) is 11.6 Å². The smallest absolute Gasteiger partial charge is 0.433 e. The first-order chi connectivity index (χ1) is 19.4. The van der Waals surface area contributed by atoms with Crippen molar-refractivity contribution in [3.05, 3.63) is 111 Å². The molecule has 0 atom stereocenters. The van der Waals surface area contributed by atoms with Crippen molar-refractivity contribution < 1.29 is 32.0 Å². The van der Waals surface area contributed by atoms with Gasteiger partial charge in [-0.1, -0.05) is 6.07 Å². The zero-order valence-electron chi connectivity index (χ0n) is 21.4.